The Bertz CT molecular complexity index is 403. The molecule has 0 aliphatic carbocycles. The minimum absolute atomic E-state index is 0.441. The molecule has 1 fully saturated rings. The van der Waals surface area contributed by atoms with Crippen molar-refractivity contribution >= 4 is 11.3 Å². The van der Waals surface area contributed by atoms with E-state index in [1.807, 2.05) is 11.3 Å². The van der Waals surface area contributed by atoms with Crippen LogP contribution in [0.2, 0.25) is 0 Å². The van der Waals surface area contributed by atoms with Crippen LogP contribution < -0.4 is 5.32 Å². The summed E-state index contributed by atoms with van der Waals surface area (Å²) in [6, 6.07) is 4.57. The highest BCUT2D eigenvalue weighted by molar-refractivity contribution is 7.11. The molecule has 1 N–H and O–H groups in total. The van der Waals surface area contributed by atoms with Crippen molar-refractivity contribution in [1.29, 1.82) is 0 Å². The van der Waals surface area contributed by atoms with E-state index in [9.17, 15) is 0 Å². The van der Waals surface area contributed by atoms with Crippen LogP contribution in [-0.2, 0) is 17.8 Å². The van der Waals surface area contributed by atoms with Crippen LogP contribution in [0.25, 0.3) is 0 Å². The summed E-state index contributed by atoms with van der Waals surface area (Å²) >= 11 is 1.95. The Hall–Kier alpha value is -0.420. The second kappa shape index (κ2) is 8.89. The first-order chi connectivity index (χ1) is 10.2. The number of hydrogen-bond acceptors (Lipinski definition) is 4. The van der Waals surface area contributed by atoms with Crippen molar-refractivity contribution in [3.8, 4) is 0 Å². The van der Waals surface area contributed by atoms with Gasteiger partial charge in [0.1, 0.15) is 0 Å². The first kappa shape index (κ1) is 16.9. The van der Waals surface area contributed by atoms with E-state index >= 15 is 0 Å². The largest absolute Gasteiger partial charge is 0.377 e. The Morgan fingerprint density at radius 2 is 2.19 bits per heavy atom. The van der Waals surface area contributed by atoms with E-state index < -0.39 is 0 Å². The topological polar surface area (TPSA) is 24.5 Å². The highest BCUT2D eigenvalue weighted by atomic mass is 32.1. The highest BCUT2D eigenvalue weighted by Gasteiger charge is 2.20. The van der Waals surface area contributed by atoms with Crippen molar-refractivity contribution in [1.82, 2.24) is 10.2 Å². The third kappa shape index (κ3) is 6.07. The maximum absolute atomic E-state index is 5.78. The molecule has 1 saturated heterocycles. The summed E-state index contributed by atoms with van der Waals surface area (Å²) in [5.74, 6) is 0.716. The second-order valence-electron chi connectivity index (χ2n) is 6.35. The van der Waals surface area contributed by atoms with Crippen molar-refractivity contribution < 1.29 is 4.74 Å². The van der Waals surface area contributed by atoms with Crippen LogP contribution >= 0.6 is 11.3 Å². The van der Waals surface area contributed by atoms with Gasteiger partial charge in [0.05, 0.1) is 6.10 Å². The molecule has 21 heavy (non-hydrogen) atoms. The standard InChI is InChI=1S/C17H30N2OS/c1-4-20-15-6-5-9-19(12-15)13-17-8-7-16(21-17)11-18-10-14(2)3/h7-8,14-15,18H,4-6,9-13H2,1-3H3. The summed E-state index contributed by atoms with van der Waals surface area (Å²) in [6.45, 7) is 12.9. The van der Waals surface area contributed by atoms with Gasteiger partial charge in [-0.25, -0.2) is 0 Å². The monoisotopic (exact) mass is 310 g/mol. The lowest BCUT2D eigenvalue weighted by Crippen LogP contribution is -2.39. The molecule has 0 bridgehead atoms. The molecule has 0 saturated carbocycles. The number of hydrogen-bond donors (Lipinski definition) is 1. The molecule has 1 aromatic heterocycles. The maximum atomic E-state index is 5.78. The summed E-state index contributed by atoms with van der Waals surface area (Å²) in [5, 5.41) is 3.52. The van der Waals surface area contributed by atoms with Gasteiger partial charge in [-0.3, -0.25) is 4.90 Å². The van der Waals surface area contributed by atoms with E-state index in [-0.39, 0.29) is 0 Å². The minimum Gasteiger partial charge on any atom is -0.377 e. The molecule has 1 unspecified atom stereocenters. The van der Waals surface area contributed by atoms with Crippen molar-refractivity contribution in [2.75, 3.05) is 26.2 Å². The lowest BCUT2D eigenvalue weighted by atomic mass is 10.1. The van der Waals surface area contributed by atoms with Gasteiger partial charge in [-0.05, 0) is 50.9 Å². The van der Waals surface area contributed by atoms with Crippen molar-refractivity contribution in [3.63, 3.8) is 0 Å². The molecule has 120 valence electrons. The molecule has 0 amide bonds. The summed E-state index contributed by atoms with van der Waals surface area (Å²) < 4.78 is 5.78. The van der Waals surface area contributed by atoms with Gasteiger partial charge in [0.2, 0.25) is 0 Å². The Labute approximate surface area is 133 Å². The van der Waals surface area contributed by atoms with Crippen LogP contribution in [0, 0.1) is 5.92 Å². The fourth-order valence-electron chi connectivity index (χ4n) is 2.84. The van der Waals surface area contributed by atoms with E-state index in [2.05, 4.69) is 43.1 Å². The number of nitrogens with zero attached hydrogens (tertiary/aromatic N) is 1. The SMILES string of the molecule is CCOC1CCCN(Cc2ccc(CNCC(C)C)s2)C1. The molecule has 0 radical (unpaired) electrons. The first-order valence-electron chi connectivity index (χ1n) is 8.29. The zero-order valence-electron chi connectivity index (χ0n) is 13.7. The summed E-state index contributed by atoms with van der Waals surface area (Å²) in [4.78, 5) is 5.47. The number of piperidine rings is 1. The highest BCUT2D eigenvalue weighted by Crippen LogP contribution is 2.21. The molecule has 2 rings (SSSR count). The van der Waals surface area contributed by atoms with E-state index in [1.165, 1.54) is 29.1 Å². The van der Waals surface area contributed by atoms with Crippen LogP contribution in [0.15, 0.2) is 12.1 Å². The number of ether oxygens (including phenoxy) is 1. The van der Waals surface area contributed by atoms with Gasteiger partial charge >= 0.3 is 0 Å². The quantitative estimate of drug-likeness (QED) is 0.795. The average Bonchev–Trinajstić information content (AvgIpc) is 2.87. The zero-order chi connectivity index (χ0) is 15.1. The first-order valence-corrected chi connectivity index (χ1v) is 9.11. The minimum atomic E-state index is 0.441. The molecule has 4 heteroatoms. The number of rotatable bonds is 8. The third-order valence-electron chi connectivity index (χ3n) is 3.81. The van der Waals surface area contributed by atoms with E-state index in [0.29, 0.717) is 12.0 Å². The summed E-state index contributed by atoms with van der Waals surface area (Å²) in [7, 11) is 0. The molecular formula is C17H30N2OS. The zero-order valence-corrected chi connectivity index (χ0v) is 14.5. The lowest BCUT2D eigenvalue weighted by molar-refractivity contribution is 0.00390. The van der Waals surface area contributed by atoms with Crippen molar-refractivity contribution in [2.24, 2.45) is 5.92 Å². The molecule has 1 aliphatic rings. The normalized spacial score (nSPS) is 20.3. The summed E-state index contributed by atoms with van der Waals surface area (Å²) in [5.41, 5.74) is 0. The fourth-order valence-corrected chi connectivity index (χ4v) is 3.87. The Morgan fingerprint density at radius 3 is 2.95 bits per heavy atom. The van der Waals surface area contributed by atoms with Crippen LogP contribution in [0.1, 0.15) is 43.4 Å². The Morgan fingerprint density at radius 1 is 1.38 bits per heavy atom. The average molecular weight is 311 g/mol. The van der Waals surface area contributed by atoms with E-state index in [0.717, 1.165) is 32.8 Å². The molecule has 1 aromatic rings. The number of likely N-dealkylation sites (tertiary alicyclic amines) is 1. The van der Waals surface area contributed by atoms with Crippen LogP contribution in [0.3, 0.4) is 0 Å². The van der Waals surface area contributed by atoms with Gasteiger partial charge in [-0.15, -0.1) is 11.3 Å². The van der Waals surface area contributed by atoms with Crippen molar-refractivity contribution in [2.45, 2.75) is 52.8 Å². The molecule has 1 atom stereocenters. The number of thiophene rings is 1. The molecule has 3 nitrogen and oxygen atoms in total. The predicted molar refractivity (Wildman–Crippen MR) is 90.8 cm³/mol. The molecule has 1 aliphatic heterocycles. The smallest absolute Gasteiger partial charge is 0.0702 e. The van der Waals surface area contributed by atoms with E-state index in [4.69, 9.17) is 4.74 Å². The Kier molecular flexibility index (Phi) is 7.17. The molecule has 2 heterocycles. The maximum Gasteiger partial charge on any atom is 0.0702 e. The second-order valence-corrected chi connectivity index (χ2v) is 7.60. The lowest BCUT2D eigenvalue weighted by Gasteiger charge is -2.32. The van der Waals surface area contributed by atoms with Crippen LogP contribution in [-0.4, -0.2) is 37.2 Å². The molecule has 0 aromatic carbocycles. The molecule has 0 spiro atoms. The van der Waals surface area contributed by atoms with Crippen molar-refractivity contribution in [3.05, 3.63) is 21.9 Å². The van der Waals surface area contributed by atoms with Gasteiger partial charge in [0, 0.05) is 36.0 Å². The van der Waals surface area contributed by atoms with Crippen LogP contribution in [0.5, 0.6) is 0 Å². The Balaban J connectivity index is 1.76. The predicted octanol–water partition coefficient (Wildman–Crippen LogP) is 3.49. The van der Waals surface area contributed by atoms with E-state index in [1.54, 1.807) is 0 Å². The fraction of sp³-hybridized carbons (Fsp3) is 0.765. The van der Waals surface area contributed by atoms with Gasteiger partial charge in [-0.2, -0.15) is 0 Å². The van der Waals surface area contributed by atoms with Gasteiger partial charge in [-0.1, -0.05) is 13.8 Å². The third-order valence-corrected chi connectivity index (χ3v) is 4.88. The van der Waals surface area contributed by atoms with Crippen LogP contribution in [0.4, 0.5) is 0 Å². The summed E-state index contributed by atoms with van der Waals surface area (Å²) in [6.07, 6.45) is 2.92. The number of nitrogens with one attached hydrogen (secondary N) is 1. The van der Waals surface area contributed by atoms with Gasteiger partial charge in [0.15, 0.2) is 0 Å². The van der Waals surface area contributed by atoms with Gasteiger partial charge in [0.25, 0.3) is 0 Å². The molecular weight excluding hydrogens is 280 g/mol. The van der Waals surface area contributed by atoms with Gasteiger partial charge < -0.3 is 10.1 Å².